The third kappa shape index (κ3) is 5.30. The second kappa shape index (κ2) is 10.5. The lowest BCUT2D eigenvalue weighted by atomic mass is 9.69. The van der Waals surface area contributed by atoms with Gasteiger partial charge in [-0.25, -0.2) is 5.84 Å². The van der Waals surface area contributed by atoms with Gasteiger partial charge in [0.05, 0.1) is 22.3 Å². The molecule has 1 atom stereocenters. The van der Waals surface area contributed by atoms with Crippen LogP contribution < -0.4 is 21.3 Å². The van der Waals surface area contributed by atoms with Gasteiger partial charge in [-0.05, 0) is 92.6 Å². The number of hydrazine groups is 1. The molecule has 1 aliphatic carbocycles. The van der Waals surface area contributed by atoms with E-state index in [1.54, 1.807) is 20.9 Å². The molecule has 5 N–H and O–H groups in total. The number of carboxylic acids is 1. The van der Waals surface area contributed by atoms with Gasteiger partial charge in [-0.1, -0.05) is 30.3 Å². The molecular weight excluding hydrogens is 538 g/mol. The number of carboxylic acid groups (broad SMARTS) is 1. The summed E-state index contributed by atoms with van der Waals surface area (Å²) in [7, 11) is 1.74. The van der Waals surface area contributed by atoms with Crippen LogP contribution in [0.3, 0.4) is 0 Å². The van der Waals surface area contributed by atoms with Gasteiger partial charge in [0.25, 0.3) is 0 Å². The molecule has 224 valence electrons. The predicted octanol–water partition coefficient (Wildman–Crippen LogP) is 5.91. The van der Waals surface area contributed by atoms with Crippen LogP contribution >= 0.6 is 0 Å². The highest BCUT2D eigenvalue weighted by molar-refractivity contribution is 5.81. The van der Waals surface area contributed by atoms with Gasteiger partial charge in [0, 0.05) is 49.7 Å². The Kier molecular flexibility index (Phi) is 7.10. The van der Waals surface area contributed by atoms with Crippen molar-refractivity contribution >= 4 is 28.2 Å². The molecule has 0 bridgehead atoms. The number of pyridine rings is 1. The average Bonchev–Trinajstić information content (AvgIpc) is 3.73. The lowest BCUT2D eigenvalue weighted by Crippen LogP contribution is -2.34. The lowest BCUT2D eigenvalue weighted by Gasteiger charge is -2.34. The van der Waals surface area contributed by atoms with Crippen molar-refractivity contribution in [1.29, 1.82) is 0 Å². The third-order valence-corrected chi connectivity index (χ3v) is 9.42. The number of aromatic nitrogens is 1. The number of carbonyl (C=O) groups is 1. The third-order valence-electron chi connectivity index (χ3n) is 9.42. The summed E-state index contributed by atoms with van der Waals surface area (Å²) in [6.45, 7) is 9.96. The van der Waals surface area contributed by atoms with Crippen LogP contribution in [-0.4, -0.2) is 40.2 Å². The number of nitrogens with zero attached hydrogens (tertiary/aromatic N) is 3. The van der Waals surface area contributed by atoms with E-state index in [4.69, 9.17) is 16.3 Å². The molecule has 4 aromatic rings. The number of ether oxygens (including phenoxy) is 1. The fourth-order valence-electron chi connectivity index (χ4n) is 6.58. The van der Waals surface area contributed by atoms with Crippen molar-refractivity contribution in [3.63, 3.8) is 0 Å². The molecule has 1 aliphatic heterocycles. The number of hydrogen-bond acceptors (Lipinski definition) is 7. The number of benzene rings is 3. The van der Waals surface area contributed by atoms with E-state index in [9.17, 15) is 9.90 Å². The topological polar surface area (TPSA) is 118 Å². The quantitative estimate of drug-likeness (QED) is 0.140. The van der Waals surface area contributed by atoms with Crippen molar-refractivity contribution in [3.8, 4) is 5.75 Å². The maximum atomic E-state index is 12.7. The number of aryl methyl sites for hydroxylation is 1. The predicted molar refractivity (Wildman–Crippen MR) is 171 cm³/mol. The van der Waals surface area contributed by atoms with Crippen molar-refractivity contribution < 1.29 is 14.6 Å². The smallest absolute Gasteiger partial charge is 0.310 e. The first-order valence-electron chi connectivity index (χ1n) is 14.9. The summed E-state index contributed by atoms with van der Waals surface area (Å²) >= 11 is 0. The van der Waals surface area contributed by atoms with Crippen LogP contribution in [0.15, 0.2) is 60.8 Å². The SMILES string of the molecule is Cc1ccc(C(c2ccc(N(C)N)c(N)c2C)C(C)(C)C(=O)O)cc1CN1Cc2cc3ncccc3cc2OC2(CC2)C1. The van der Waals surface area contributed by atoms with E-state index in [-0.39, 0.29) is 5.60 Å². The van der Waals surface area contributed by atoms with Crippen molar-refractivity contribution in [2.24, 2.45) is 11.3 Å². The summed E-state index contributed by atoms with van der Waals surface area (Å²) in [5, 5.41) is 13.0. The molecular formula is C35H41N5O3. The molecule has 2 aliphatic rings. The highest BCUT2D eigenvalue weighted by Gasteiger charge is 2.48. The Morgan fingerprint density at radius 2 is 1.93 bits per heavy atom. The number of nitrogens with two attached hydrogens (primary N) is 2. The van der Waals surface area contributed by atoms with E-state index in [1.807, 2.05) is 31.3 Å². The second-order valence-electron chi connectivity index (χ2n) is 13.1. The average molecular weight is 580 g/mol. The van der Waals surface area contributed by atoms with Gasteiger partial charge in [0.1, 0.15) is 11.4 Å². The minimum Gasteiger partial charge on any atom is -0.486 e. The number of rotatable bonds is 7. The Morgan fingerprint density at radius 1 is 1.16 bits per heavy atom. The number of nitrogen functional groups attached to an aromatic ring is 1. The maximum Gasteiger partial charge on any atom is 0.310 e. The molecule has 43 heavy (non-hydrogen) atoms. The van der Waals surface area contributed by atoms with Crippen molar-refractivity contribution in [3.05, 3.63) is 94.2 Å². The van der Waals surface area contributed by atoms with Crippen LogP contribution in [0.2, 0.25) is 0 Å². The number of anilines is 2. The van der Waals surface area contributed by atoms with E-state index >= 15 is 0 Å². The van der Waals surface area contributed by atoms with Crippen LogP contribution in [0, 0.1) is 19.3 Å². The Labute approximate surface area is 253 Å². The Balaban J connectivity index is 1.39. The van der Waals surface area contributed by atoms with Crippen LogP contribution in [0.1, 0.15) is 66.0 Å². The summed E-state index contributed by atoms with van der Waals surface area (Å²) in [5.41, 5.74) is 13.7. The number of fused-ring (bicyclic) bond motifs is 2. The molecule has 8 nitrogen and oxygen atoms in total. The zero-order chi connectivity index (χ0) is 30.7. The molecule has 1 fully saturated rings. The molecule has 2 heterocycles. The standard InChI is InChI=1S/C35H41N5O3/c1-21-8-9-24(31(34(3,4)33(41)42)27-10-11-29(39(5)37)32(36)22(27)2)15-25(21)18-40-19-26-16-28-23(7-6-14-38-28)17-30(26)43-35(20-40)12-13-35/h6-11,14-17,31H,12-13,18-20,36-37H2,1-5H3,(H,41,42). The summed E-state index contributed by atoms with van der Waals surface area (Å²) in [6.07, 6.45) is 3.90. The molecule has 0 radical (unpaired) electrons. The Hall–Kier alpha value is -4.14. The van der Waals surface area contributed by atoms with Gasteiger partial charge < -0.3 is 20.6 Å². The molecule has 3 aromatic carbocycles. The first-order valence-corrected chi connectivity index (χ1v) is 14.9. The lowest BCUT2D eigenvalue weighted by molar-refractivity contribution is -0.147. The van der Waals surface area contributed by atoms with Gasteiger partial charge in [-0.3, -0.25) is 14.7 Å². The monoisotopic (exact) mass is 579 g/mol. The summed E-state index contributed by atoms with van der Waals surface area (Å²) in [6, 6.07) is 18.5. The van der Waals surface area contributed by atoms with Crippen molar-refractivity contribution in [2.45, 2.75) is 65.1 Å². The fraction of sp³-hybridized carbons (Fsp3) is 0.371. The van der Waals surface area contributed by atoms with E-state index in [2.05, 4.69) is 53.2 Å². The van der Waals surface area contributed by atoms with Crippen LogP contribution in [0.25, 0.3) is 10.9 Å². The molecule has 1 aromatic heterocycles. The molecule has 0 saturated heterocycles. The van der Waals surface area contributed by atoms with E-state index in [1.165, 1.54) is 16.1 Å². The zero-order valence-electron chi connectivity index (χ0n) is 25.6. The fourth-order valence-corrected chi connectivity index (χ4v) is 6.58. The number of aliphatic carboxylic acids is 1. The molecule has 6 rings (SSSR count). The molecule has 8 heteroatoms. The normalized spacial score (nSPS) is 16.8. The first kappa shape index (κ1) is 29.0. The van der Waals surface area contributed by atoms with Crippen LogP contribution in [0.4, 0.5) is 11.4 Å². The van der Waals surface area contributed by atoms with Gasteiger partial charge in [0.2, 0.25) is 0 Å². The van der Waals surface area contributed by atoms with Crippen molar-refractivity contribution in [2.75, 3.05) is 24.3 Å². The minimum absolute atomic E-state index is 0.160. The largest absolute Gasteiger partial charge is 0.486 e. The maximum absolute atomic E-state index is 12.7. The highest BCUT2D eigenvalue weighted by atomic mass is 16.5. The molecule has 1 unspecified atom stereocenters. The number of hydrogen-bond donors (Lipinski definition) is 3. The van der Waals surface area contributed by atoms with Crippen molar-refractivity contribution in [1.82, 2.24) is 9.88 Å². The van der Waals surface area contributed by atoms with Gasteiger partial charge in [-0.15, -0.1) is 0 Å². The summed E-state index contributed by atoms with van der Waals surface area (Å²) in [4.78, 5) is 19.7. The van der Waals surface area contributed by atoms with Gasteiger partial charge in [-0.2, -0.15) is 0 Å². The Morgan fingerprint density at radius 3 is 2.63 bits per heavy atom. The van der Waals surface area contributed by atoms with E-state index in [0.29, 0.717) is 11.4 Å². The summed E-state index contributed by atoms with van der Waals surface area (Å²) < 4.78 is 6.64. The van der Waals surface area contributed by atoms with Gasteiger partial charge >= 0.3 is 5.97 Å². The van der Waals surface area contributed by atoms with Crippen LogP contribution in [0.5, 0.6) is 5.75 Å². The van der Waals surface area contributed by atoms with Crippen LogP contribution in [-0.2, 0) is 17.9 Å². The van der Waals surface area contributed by atoms with E-state index in [0.717, 1.165) is 71.4 Å². The molecule has 1 saturated carbocycles. The Bertz CT molecular complexity index is 1730. The minimum atomic E-state index is -1.10. The second-order valence-corrected chi connectivity index (χ2v) is 13.1. The molecule has 0 amide bonds. The zero-order valence-corrected chi connectivity index (χ0v) is 25.6. The summed E-state index contributed by atoms with van der Waals surface area (Å²) in [5.74, 6) is 5.67. The van der Waals surface area contributed by atoms with Gasteiger partial charge in [0.15, 0.2) is 0 Å². The highest BCUT2D eigenvalue weighted by Crippen LogP contribution is 2.47. The first-order chi connectivity index (χ1) is 20.4. The molecule has 1 spiro atoms. The van der Waals surface area contributed by atoms with E-state index < -0.39 is 17.3 Å².